The largest absolute Gasteiger partial charge is 0.343 e. The molecule has 4 nitrogen and oxygen atoms in total. The van der Waals surface area contributed by atoms with Crippen molar-refractivity contribution >= 4 is 5.91 Å². The summed E-state index contributed by atoms with van der Waals surface area (Å²) in [6.07, 6.45) is 2.15. The van der Waals surface area contributed by atoms with Gasteiger partial charge in [-0.3, -0.25) is 4.79 Å². The van der Waals surface area contributed by atoms with Gasteiger partial charge >= 0.3 is 0 Å². The zero-order valence-corrected chi connectivity index (χ0v) is 12.0. The number of nitrogens with zero attached hydrogens (tertiary/aromatic N) is 3. The number of hydrogen-bond acceptors (Lipinski definition) is 2. The van der Waals surface area contributed by atoms with Crippen LogP contribution in [0.4, 0.5) is 0 Å². The predicted octanol–water partition coefficient (Wildman–Crippen LogP) is 2.29. The van der Waals surface area contributed by atoms with Gasteiger partial charge in [-0.2, -0.15) is 0 Å². The van der Waals surface area contributed by atoms with Gasteiger partial charge in [0.15, 0.2) is 0 Å². The molecule has 0 fully saturated rings. The molecule has 0 saturated carbocycles. The number of amides is 1. The summed E-state index contributed by atoms with van der Waals surface area (Å²) < 4.78 is 2.27. The van der Waals surface area contributed by atoms with E-state index in [1.165, 1.54) is 6.42 Å². The van der Waals surface area contributed by atoms with Crippen LogP contribution in [-0.4, -0.2) is 34.5 Å². The van der Waals surface area contributed by atoms with E-state index in [2.05, 4.69) is 30.3 Å². The highest BCUT2D eigenvalue weighted by Gasteiger charge is 2.28. The Kier molecular flexibility index (Phi) is 3.46. The Balaban J connectivity index is 2.50. The second-order valence-electron chi connectivity index (χ2n) is 5.87. The van der Waals surface area contributed by atoms with E-state index in [1.54, 1.807) is 19.0 Å². The average Bonchev–Trinajstić information content (AvgIpc) is 2.66. The third kappa shape index (κ3) is 2.16. The van der Waals surface area contributed by atoms with Gasteiger partial charge in [0.25, 0.3) is 5.91 Å². The van der Waals surface area contributed by atoms with Gasteiger partial charge in [0.1, 0.15) is 11.5 Å². The molecule has 0 saturated heterocycles. The molecule has 1 amide bonds. The van der Waals surface area contributed by atoms with Crippen molar-refractivity contribution in [1.29, 1.82) is 0 Å². The summed E-state index contributed by atoms with van der Waals surface area (Å²) >= 11 is 0. The lowest BCUT2D eigenvalue weighted by molar-refractivity contribution is 0.0820. The van der Waals surface area contributed by atoms with E-state index < -0.39 is 0 Å². The van der Waals surface area contributed by atoms with E-state index in [-0.39, 0.29) is 5.91 Å². The molecule has 1 aliphatic rings. The van der Waals surface area contributed by atoms with Crippen molar-refractivity contribution in [2.45, 2.75) is 46.1 Å². The number of carbonyl (C=O) groups is 1. The Morgan fingerprint density at radius 3 is 2.67 bits per heavy atom. The Hall–Kier alpha value is -1.32. The van der Waals surface area contributed by atoms with Crippen molar-refractivity contribution in [3.05, 3.63) is 17.2 Å². The lowest BCUT2D eigenvalue weighted by atomic mass is 9.96. The quantitative estimate of drug-likeness (QED) is 0.806. The van der Waals surface area contributed by atoms with Crippen LogP contribution >= 0.6 is 0 Å². The molecular formula is C14H23N3O. The molecular weight excluding hydrogens is 226 g/mol. The monoisotopic (exact) mass is 249 g/mol. The molecule has 100 valence electrons. The summed E-state index contributed by atoms with van der Waals surface area (Å²) in [4.78, 5) is 18.4. The van der Waals surface area contributed by atoms with Crippen LogP contribution < -0.4 is 0 Å². The van der Waals surface area contributed by atoms with Gasteiger partial charge in [-0.05, 0) is 18.8 Å². The predicted molar refractivity (Wildman–Crippen MR) is 71.8 cm³/mol. The summed E-state index contributed by atoms with van der Waals surface area (Å²) in [5, 5.41) is 0. The van der Waals surface area contributed by atoms with Crippen LogP contribution in [0.5, 0.6) is 0 Å². The van der Waals surface area contributed by atoms with Crippen molar-refractivity contribution in [3.8, 4) is 0 Å². The summed E-state index contributed by atoms with van der Waals surface area (Å²) in [5.41, 5.74) is 1.80. The fraction of sp³-hybridized carbons (Fsp3) is 0.714. The maximum atomic E-state index is 12.2. The first kappa shape index (κ1) is 13.1. The van der Waals surface area contributed by atoms with Gasteiger partial charge in [-0.1, -0.05) is 20.8 Å². The fourth-order valence-corrected chi connectivity index (χ4v) is 2.57. The molecule has 2 heterocycles. The Morgan fingerprint density at radius 2 is 2.11 bits per heavy atom. The minimum absolute atomic E-state index is 0.0275. The second-order valence-corrected chi connectivity index (χ2v) is 5.87. The van der Waals surface area contributed by atoms with E-state index in [4.69, 9.17) is 0 Å². The number of fused-ring (bicyclic) bond motifs is 1. The van der Waals surface area contributed by atoms with Gasteiger partial charge in [0.2, 0.25) is 0 Å². The van der Waals surface area contributed by atoms with Crippen molar-refractivity contribution in [2.24, 2.45) is 5.92 Å². The summed E-state index contributed by atoms with van der Waals surface area (Å²) in [5.74, 6) is 2.09. The third-order valence-electron chi connectivity index (χ3n) is 3.61. The molecule has 0 spiro atoms. The number of aromatic nitrogens is 2. The SMILES string of the molecule is CC1CCn2c(C(C)C)nc(C(=O)N(C)C)c2C1. The first-order valence-electron chi connectivity index (χ1n) is 6.72. The third-order valence-corrected chi connectivity index (χ3v) is 3.61. The summed E-state index contributed by atoms with van der Waals surface area (Å²) in [7, 11) is 3.57. The number of imidazole rings is 1. The second kappa shape index (κ2) is 4.75. The summed E-state index contributed by atoms with van der Waals surface area (Å²) in [6, 6.07) is 0. The number of rotatable bonds is 2. The van der Waals surface area contributed by atoms with Gasteiger partial charge in [0, 0.05) is 26.6 Å². The van der Waals surface area contributed by atoms with Crippen LogP contribution in [0.15, 0.2) is 0 Å². The molecule has 18 heavy (non-hydrogen) atoms. The van der Waals surface area contributed by atoms with Crippen molar-refractivity contribution in [3.63, 3.8) is 0 Å². The minimum atomic E-state index is 0.0275. The molecule has 0 N–H and O–H groups in total. The standard InChI is InChI=1S/C14H23N3O/c1-9(2)13-15-12(14(18)16(4)5)11-8-10(3)6-7-17(11)13/h9-10H,6-8H2,1-5H3. The Labute approximate surface area is 109 Å². The molecule has 2 rings (SSSR count). The van der Waals surface area contributed by atoms with Crippen molar-refractivity contribution in [1.82, 2.24) is 14.5 Å². The molecule has 1 atom stereocenters. The van der Waals surface area contributed by atoms with E-state index in [9.17, 15) is 4.79 Å². The van der Waals surface area contributed by atoms with Gasteiger partial charge < -0.3 is 9.47 Å². The van der Waals surface area contributed by atoms with Gasteiger partial charge in [0.05, 0.1) is 5.69 Å². The van der Waals surface area contributed by atoms with Crippen LogP contribution in [0.3, 0.4) is 0 Å². The smallest absolute Gasteiger partial charge is 0.273 e. The van der Waals surface area contributed by atoms with Crippen molar-refractivity contribution < 1.29 is 4.79 Å². The molecule has 0 aliphatic carbocycles. The van der Waals surface area contributed by atoms with Crippen LogP contribution in [-0.2, 0) is 13.0 Å². The highest BCUT2D eigenvalue weighted by Crippen LogP contribution is 2.28. The average molecular weight is 249 g/mol. The normalized spacial score (nSPS) is 18.9. The molecule has 0 radical (unpaired) electrons. The Morgan fingerprint density at radius 1 is 1.44 bits per heavy atom. The lowest BCUT2D eigenvalue weighted by Crippen LogP contribution is -2.25. The van der Waals surface area contributed by atoms with Crippen LogP contribution in [0.25, 0.3) is 0 Å². The van der Waals surface area contributed by atoms with E-state index in [0.717, 1.165) is 24.5 Å². The molecule has 1 aliphatic heterocycles. The van der Waals surface area contributed by atoms with Crippen LogP contribution in [0.2, 0.25) is 0 Å². The molecule has 1 aromatic rings. The van der Waals surface area contributed by atoms with E-state index in [1.807, 2.05) is 0 Å². The first-order valence-corrected chi connectivity index (χ1v) is 6.72. The van der Waals surface area contributed by atoms with Gasteiger partial charge in [-0.25, -0.2) is 4.98 Å². The molecule has 4 heteroatoms. The highest BCUT2D eigenvalue weighted by atomic mass is 16.2. The molecule has 0 bridgehead atoms. The van der Waals surface area contributed by atoms with Crippen molar-refractivity contribution in [2.75, 3.05) is 14.1 Å². The maximum absolute atomic E-state index is 12.2. The van der Waals surface area contributed by atoms with Crippen LogP contribution in [0.1, 0.15) is 55.1 Å². The van der Waals surface area contributed by atoms with E-state index >= 15 is 0 Å². The van der Waals surface area contributed by atoms with Crippen LogP contribution in [0, 0.1) is 5.92 Å². The molecule has 1 unspecified atom stereocenters. The zero-order chi connectivity index (χ0) is 13.4. The topological polar surface area (TPSA) is 38.1 Å². The lowest BCUT2D eigenvalue weighted by Gasteiger charge is -2.23. The Bertz CT molecular complexity index is 460. The maximum Gasteiger partial charge on any atom is 0.273 e. The fourth-order valence-electron chi connectivity index (χ4n) is 2.57. The number of hydrogen-bond donors (Lipinski definition) is 0. The zero-order valence-electron chi connectivity index (χ0n) is 12.0. The minimum Gasteiger partial charge on any atom is -0.343 e. The first-order chi connectivity index (χ1) is 8.41. The van der Waals surface area contributed by atoms with E-state index in [0.29, 0.717) is 17.5 Å². The summed E-state index contributed by atoms with van der Waals surface area (Å²) in [6.45, 7) is 7.52. The van der Waals surface area contributed by atoms with Gasteiger partial charge in [-0.15, -0.1) is 0 Å². The highest BCUT2D eigenvalue weighted by molar-refractivity contribution is 5.93. The molecule has 1 aromatic heterocycles. The molecule has 0 aromatic carbocycles. The number of carbonyl (C=O) groups excluding carboxylic acids is 1.